The van der Waals surface area contributed by atoms with Gasteiger partial charge in [-0.3, -0.25) is 0 Å². The quantitative estimate of drug-likeness (QED) is 0.361. The summed E-state index contributed by atoms with van der Waals surface area (Å²) in [5, 5.41) is 9.70. The van der Waals surface area contributed by atoms with Crippen LogP contribution in [0.5, 0.6) is 0 Å². The van der Waals surface area contributed by atoms with E-state index < -0.39 is 11.9 Å². The molecule has 11 heavy (non-hydrogen) atoms. The first-order valence-corrected chi connectivity index (χ1v) is 2.72. The summed E-state index contributed by atoms with van der Waals surface area (Å²) in [5.41, 5.74) is 0. The van der Waals surface area contributed by atoms with Crippen molar-refractivity contribution in [2.75, 3.05) is 6.61 Å². The van der Waals surface area contributed by atoms with Crippen LogP contribution in [0.2, 0.25) is 0 Å². The molecule has 0 fully saturated rings. The number of carbonyl (C=O) groups excluding carboxylic acids is 2. The number of ether oxygens (including phenoxy) is 1. The molecule has 0 saturated carbocycles. The molecule has 0 rings (SSSR count). The minimum atomic E-state index is -1.41. The molecule has 0 amide bonds. The van der Waals surface area contributed by atoms with Gasteiger partial charge in [-0.15, -0.1) is 0 Å². The largest absolute Gasteiger partial charge is 1.00 e. The molecule has 0 spiro atoms. The molecular weight excluding hydrogens is 244 g/mol. The summed E-state index contributed by atoms with van der Waals surface area (Å²) in [6.07, 6.45) is 1.43. The number of aliphatic carboxylic acids is 1. The van der Waals surface area contributed by atoms with Crippen LogP contribution in [0.15, 0.2) is 12.2 Å². The van der Waals surface area contributed by atoms with E-state index >= 15 is 0 Å². The van der Waals surface area contributed by atoms with E-state index in [4.69, 9.17) is 0 Å². The van der Waals surface area contributed by atoms with E-state index in [2.05, 4.69) is 4.74 Å². The maximum Gasteiger partial charge on any atom is 1.00 e. The number of rotatable bonds is 3. The Kier molecular flexibility index (Phi) is 8.92. The van der Waals surface area contributed by atoms with Crippen LogP contribution < -0.4 is 5.11 Å². The van der Waals surface area contributed by atoms with Gasteiger partial charge in [0, 0.05) is 6.08 Å². The van der Waals surface area contributed by atoms with Gasteiger partial charge in [-0.1, -0.05) is 0 Å². The second-order valence-corrected chi connectivity index (χ2v) is 1.40. The number of esters is 1. The summed E-state index contributed by atoms with van der Waals surface area (Å²) in [7, 11) is 0. The fourth-order valence-corrected chi connectivity index (χ4v) is 0.326. The van der Waals surface area contributed by atoms with Crippen LogP contribution in [-0.4, -0.2) is 18.5 Å². The van der Waals surface area contributed by atoms with E-state index in [0.717, 1.165) is 6.08 Å². The average Bonchev–Trinajstić information content (AvgIpc) is 1.85. The molecule has 0 radical (unpaired) electrons. The van der Waals surface area contributed by atoms with Gasteiger partial charge in [-0.05, 0) is 13.0 Å². The summed E-state index contributed by atoms with van der Waals surface area (Å²) in [5.74, 6) is -2.08. The summed E-state index contributed by atoms with van der Waals surface area (Å²) < 4.78 is 4.38. The van der Waals surface area contributed by atoms with Crippen molar-refractivity contribution in [1.29, 1.82) is 0 Å². The molecule has 0 atom stereocenters. The van der Waals surface area contributed by atoms with Crippen molar-refractivity contribution in [3.63, 3.8) is 0 Å². The number of hydrogen-bond donors (Lipinski definition) is 0. The Morgan fingerprint density at radius 3 is 2.36 bits per heavy atom. The smallest absolute Gasteiger partial charge is 0.545 e. The van der Waals surface area contributed by atoms with Crippen LogP contribution in [0.1, 0.15) is 6.92 Å². The second kappa shape index (κ2) is 7.53. The number of carboxylic acids is 1. The average molecular weight is 251 g/mol. The molecule has 0 N–H and O–H groups in total. The Bertz CT molecular complexity index is 164. The third kappa shape index (κ3) is 9.42. The molecule has 5 heteroatoms. The van der Waals surface area contributed by atoms with Crippen LogP contribution in [-0.2, 0) is 36.7 Å². The van der Waals surface area contributed by atoms with E-state index in [-0.39, 0.29) is 29.0 Å². The Morgan fingerprint density at radius 1 is 1.45 bits per heavy atom. The van der Waals surface area contributed by atoms with E-state index in [9.17, 15) is 14.7 Å². The summed E-state index contributed by atoms with van der Waals surface area (Å²) in [6.45, 7) is 1.86. The molecule has 0 aliphatic carbocycles. The van der Waals surface area contributed by atoms with Crippen molar-refractivity contribution in [2.24, 2.45) is 0 Å². The van der Waals surface area contributed by atoms with Crippen molar-refractivity contribution < 1.29 is 41.8 Å². The van der Waals surface area contributed by atoms with E-state index in [0.29, 0.717) is 6.08 Å². The minimum Gasteiger partial charge on any atom is -0.545 e. The SMILES string of the molecule is CCOC(=O)C=CC(=O)[O-].[Ag+]. The third-order valence-corrected chi connectivity index (χ3v) is 0.642. The Hall–Kier alpha value is -0.580. The molecule has 0 bridgehead atoms. The molecule has 0 aromatic rings. The Balaban J connectivity index is 0. The van der Waals surface area contributed by atoms with Crippen LogP contribution in [0.4, 0.5) is 0 Å². The molecule has 0 unspecified atom stereocenters. The molecule has 0 saturated heterocycles. The zero-order chi connectivity index (χ0) is 7.98. The Labute approximate surface area is 79.7 Å². The van der Waals surface area contributed by atoms with Crippen LogP contribution in [0, 0.1) is 0 Å². The monoisotopic (exact) mass is 250 g/mol. The molecule has 0 aromatic heterocycles. The fraction of sp³-hybridized carbons (Fsp3) is 0.333. The first-order valence-electron chi connectivity index (χ1n) is 2.72. The van der Waals surface area contributed by atoms with Crippen molar-refractivity contribution in [1.82, 2.24) is 0 Å². The molecule has 0 aromatic carbocycles. The summed E-state index contributed by atoms with van der Waals surface area (Å²) >= 11 is 0. The molecule has 66 valence electrons. The van der Waals surface area contributed by atoms with Gasteiger partial charge in [0.2, 0.25) is 0 Å². The fourth-order valence-electron chi connectivity index (χ4n) is 0.326. The maximum atomic E-state index is 10.3. The molecule has 0 aliphatic heterocycles. The van der Waals surface area contributed by atoms with Gasteiger partial charge in [-0.2, -0.15) is 0 Å². The van der Waals surface area contributed by atoms with Crippen LogP contribution >= 0.6 is 0 Å². The van der Waals surface area contributed by atoms with Gasteiger partial charge in [0.05, 0.1) is 12.6 Å². The first-order chi connectivity index (χ1) is 4.66. The van der Waals surface area contributed by atoms with Crippen molar-refractivity contribution >= 4 is 11.9 Å². The number of carboxylic acid groups (broad SMARTS) is 1. The van der Waals surface area contributed by atoms with E-state index in [1.165, 1.54) is 0 Å². The first kappa shape index (κ1) is 13.0. The van der Waals surface area contributed by atoms with Gasteiger partial charge in [0.15, 0.2) is 0 Å². The van der Waals surface area contributed by atoms with Gasteiger partial charge in [0.1, 0.15) is 0 Å². The van der Waals surface area contributed by atoms with Gasteiger partial charge in [0.25, 0.3) is 0 Å². The van der Waals surface area contributed by atoms with Gasteiger partial charge >= 0.3 is 28.3 Å². The second-order valence-electron chi connectivity index (χ2n) is 1.40. The van der Waals surface area contributed by atoms with Gasteiger partial charge < -0.3 is 14.6 Å². The maximum absolute atomic E-state index is 10.3. The zero-order valence-electron chi connectivity index (χ0n) is 5.80. The van der Waals surface area contributed by atoms with Crippen molar-refractivity contribution in [3.8, 4) is 0 Å². The van der Waals surface area contributed by atoms with E-state index in [1.54, 1.807) is 6.92 Å². The predicted octanol–water partition coefficient (Wildman–Crippen LogP) is -1.15. The van der Waals surface area contributed by atoms with Crippen molar-refractivity contribution in [3.05, 3.63) is 12.2 Å². The standard InChI is InChI=1S/C6H8O4.Ag/c1-2-10-6(9)4-3-5(7)8;/h3-4H,2H2,1H3,(H,7,8);/q;+1/p-1. The molecule has 0 aliphatic rings. The summed E-state index contributed by atoms with van der Waals surface area (Å²) in [6, 6.07) is 0. The summed E-state index contributed by atoms with van der Waals surface area (Å²) in [4.78, 5) is 20.0. The van der Waals surface area contributed by atoms with Crippen LogP contribution in [0.25, 0.3) is 0 Å². The topological polar surface area (TPSA) is 66.4 Å². The third-order valence-electron chi connectivity index (χ3n) is 0.642. The van der Waals surface area contributed by atoms with Gasteiger partial charge in [-0.25, -0.2) is 4.79 Å². The molecule has 0 heterocycles. The Morgan fingerprint density at radius 2 is 2.00 bits per heavy atom. The zero-order valence-corrected chi connectivity index (χ0v) is 7.28. The molecular formula is C6H7AgO4. The number of hydrogen-bond acceptors (Lipinski definition) is 4. The van der Waals surface area contributed by atoms with Crippen molar-refractivity contribution in [2.45, 2.75) is 6.92 Å². The normalized spacial score (nSPS) is 8.82. The predicted molar refractivity (Wildman–Crippen MR) is 30.8 cm³/mol. The molecule has 4 nitrogen and oxygen atoms in total. The number of carbonyl (C=O) groups is 2. The minimum absolute atomic E-state index is 0. The van der Waals surface area contributed by atoms with E-state index in [1.807, 2.05) is 0 Å². The van der Waals surface area contributed by atoms with Crippen LogP contribution in [0.3, 0.4) is 0 Å².